The van der Waals surface area contributed by atoms with E-state index in [4.69, 9.17) is 0 Å². The van der Waals surface area contributed by atoms with Gasteiger partial charge in [-0.15, -0.1) is 0 Å². The van der Waals surface area contributed by atoms with Crippen LogP contribution in [0, 0.1) is 0 Å². The molecule has 0 amide bonds. The van der Waals surface area contributed by atoms with E-state index in [1.807, 2.05) is 41.2 Å². The Balaban J connectivity index is 1.81. The SMILES string of the molecule is O=Cc1c(N2CCn3ccnc3C2)nc2ccccn12. The molecule has 4 rings (SSSR count). The van der Waals surface area contributed by atoms with Gasteiger partial charge in [0, 0.05) is 31.7 Å². The van der Waals surface area contributed by atoms with Crippen LogP contribution in [0.15, 0.2) is 36.8 Å². The molecule has 0 saturated carbocycles. The van der Waals surface area contributed by atoms with Gasteiger partial charge in [-0.25, -0.2) is 9.97 Å². The normalized spacial score (nSPS) is 14.5. The molecule has 0 aromatic carbocycles. The van der Waals surface area contributed by atoms with Gasteiger partial charge in [0.15, 0.2) is 12.1 Å². The van der Waals surface area contributed by atoms with Gasteiger partial charge >= 0.3 is 0 Å². The van der Waals surface area contributed by atoms with Crippen LogP contribution in [-0.2, 0) is 13.1 Å². The first kappa shape index (κ1) is 11.2. The van der Waals surface area contributed by atoms with Crippen LogP contribution in [0.3, 0.4) is 0 Å². The minimum atomic E-state index is 0.598. The second kappa shape index (κ2) is 4.19. The van der Waals surface area contributed by atoms with E-state index < -0.39 is 0 Å². The van der Waals surface area contributed by atoms with Gasteiger partial charge in [0.2, 0.25) is 0 Å². The van der Waals surface area contributed by atoms with Crippen LogP contribution in [0.2, 0.25) is 0 Å². The van der Waals surface area contributed by atoms with Crippen molar-refractivity contribution in [2.75, 3.05) is 11.4 Å². The minimum Gasteiger partial charge on any atom is -0.345 e. The number of anilines is 1. The third-order valence-electron chi connectivity index (χ3n) is 3.70. The van der Waals surface area contributed by atoms with Crippen molar-refractivity contribution in [1.82, 2.24) is 18.9 Å². The van der Waals surface area contributed by atoms with E-state index in [0.29, 0.717) is 12.2 Å². The highest BCUT2D eigenvalue weighted by molar-refractivity contribution is 5.83. The molecule has 0 atom stereocenters. The summed E-state index contributed by atoms with van der Waals surface area (Å²) in [4.78, 5) is 22.5. The molecule has 1 aliphatic heterocycles. The zero-order valence-electron chi connectivity index (χ0n) is 10.8. The lowest BCUT2D eigenvalue weighted by Crippen LogP contribution is -2.34. The van der Waals surface area contributed by atoms with Crippen LogP contribution in [-0.4, -0.2) is 31.8 Å². The molecule has 20 heavy (non-hydrogen) atoms. The fourth-order valence-corrected chi connectivity index (χ4v) is 2.70. The van der Waals surface area contributed by atoms with Crippen molar-refractivity contribution in [3.05, 3.63) is 48.3 Å². The van der Waals surface area contributed by atoms with Gasteiger partial charge in [-0.1, -0.05) is 6.07 Å². The number of fused-ring (bicyclic) bond motifs is 2. The number of carbonyl (C=O) groups excluding carboxylic acids is 1. The number of rotatable bonds is 2. The lowest BCUT2D eigenvalue weighted by molar-refractivity contribution is 0.111. The smallest absolute Gasteiger partial charge is 0.170 e. The summed E-state index contributed by atoms with van der Waals surface area (Å²) in [5, 5.41) is 0. The number of hydrogen-bond acceptors (Lipinski definition) is 4. The van der Waals surface area contributed by atoms with Gasteiger partial charge in [-0.2, -0.15) is 0 Å². The average molecular weight is 267 g/mol. The van der Waals surface area contributed by atoms with E-state index in [9.17, 15) is 4.79 Å². The Kier molecular flexibility index (Phi) is 2.35. The molecule has 1 aliphatic rings. The minimum absolute atomic E-state index is 0.598. The maximum Gasteiger partial charge on any atom is 0.170 e. The summed E-state index contributed by atoms with van der Waals surface area (Å²) in [5.74, 6) is 1.74. The Morgan fingerprint density at radius 3 is 3.05 bits per heavy atom. The molecule has 6 heteroatoms. The summed E-state index contributed by atoms with van der Waals surface area (Å²) in [7, 11) is 0. The number of carbonyl (C=O) groups is 1. The molecule has 0 aliphatic carbocycles. The Hall–Kier alpha value is -2.63. The van der Waals surface area contributed by atoms with E-state index in [1.165, 1.54) is 0 Å². The monoisotopic (exact) mass is 267 g/mol. The Morgan fingerprint density at radius 2 is 2.15 bits per heavy atom. The maximum atomic E-state index is 11.4. The van der Waals surface area contributed by atoms with E-state index in [1.54, 1.807) is 0 Å². The van der Waals surface area contributed by atoms with E-state index in [0.717, 1.165) is 36.7 Å². The summed E-state index contributed by atoms with van der Waals surface area (Å²) < 4.78 is 3.95. The third-order valence-corrected chi connectivity index (χ3v) is 3.70. The summed E-state index contributed by atoms with van der Waals surface area (Å²) in [6.07, 6.45) is 6.52. The molecule has 6 nitrogen and oxygen atoms in total. The highest BCUT2D eigenvalue weighted by atomic mass is 16.1. The highest BCUT2D eigenvalue weighted by Crippen LogP contribution is 2.23. The maximum absolute atomic E-state index is 11.4. The topological polar surface area (TPSA) is 55.4 Å². The van der Waals surface area contributed by atoms with Crippen molar-refractivity contribution in [3.63, 3.8) is 0 Å². The van der Waals surface area contributed by atoms with Crippen molar-refractivity contribution in [3.8, 4) is 0 Å². The molecule has 0 N–H and O–H groups in total. The fraction of sp³-hybridized carbons (Fsp3) is 0.214. The standard InChI is InChI=1S/C14H13N5O/c20-10-11-14(16-12-3-1-2-5-19(11)12)18-8-7-17-6-4-15-13(17)9-18/h1-6,10H,7-9H2. The Labute approximate surface area is 115 Å². The van der Waals surface area contributed by atoms with Gasteiger partial charge in [0.25, 0.3) is 0 Å². The number of nitrogens with zero attached hydrogens (tertiary/aromatic N) is 5. The van der Waals surface area contributed by atoms with E-state index in [-0.39, 0.29) is 0 Å². The van der Waals surface area contributed by atoms with Gasteiger partial charge in [-0.3, -0.25) is 9.20 Å². The molecule has 4 heterocycles. The third kappa shape index (κ3) is 1.54. The fourth-order valence-electron chi connectivity index (χ4n) is 2.70. The summed E-state index contributed by atoms with van der Waals surface area (Å²) >= 11 is 0. The predicted molar refractivity (Wildman–Crippen MR) is 73.9 cm³/mol. The second-order valence-electron chi connectivity index (χ2n) is 4.83. The summed E-state index contributed by atoms with van der Waals surface area (Å²) in [6.45, 7) is 2.37. The highest BCUT2D eigenvalue weighted by Gasteiger charge is 2.22. The number of imidazole rings is 2. The zero-order valence-corrected chi connectivity index (χ0v) is 10.8. The predicted octanol–water partition coefficient (Wildman–Crippen LogP) is 1.36. The first-order valence-electron chi connectivity index (χ1n) is 6.54. The zero-order chi connectivity index (χ0) is 13.5. The number of aldehydes is 1. The van der Waals surface area contributed by atoms with E-state index >= 15 is 0 Å². The van der Waals surface area contributed by atoms with Crippen LogP contribution < -0.4 is 4.90 Å². The first-order chi connectivity index (χ1) is 9.86. The molecule has 0 fully saturated rings. The van der Waals surface area contributed by atoms with Gasteiger partial charge < -0.3 is 9.47 Å². The molecule has 0 unspecified atom stereocenters. The summed E-state index contributed by atoms with van der Waals surface area (Å²) in [6, 6.07) is 5.72. The van der Waals surface area contributed by atoms with Crippen molar-refractivity contribution >= 4 is 17.8 Å². The van der Waals surface area contributed by atoms with Gasteiger partial charge in [0.05, 0.1) is 6.54 Å². The molecular weight excluding hydrogens is 254 g/mol. The Morgan fingerprint density at radius 1 is 1.20 bits per heavy atom. The van der Waals surface area contributed by atoms with Crippen molar-refractivity contribution in [2.24, 2.45) is 0 Å². The number of hydrogen-bond donors (Lipinski definition) is 0. The van der Waals surface area contributed by atoms with Gasteiger partial charge in [0.1, 0.15) is 17.2 Å². The molecule has 0 saturated heterocycles. The largest absolute Gasteiger partial charge is 0.345 e. The molecule has 0 spiro atoms. The quantitative estimate of drug-likeness (QED) is 0.658. The van der Waals surface area contributed by atoms with Crippen LogP contribution >= 0.6 is 0 Å². The first-order valence-corrected chi connectivity index (χ1v) is 6.54. The molecule has 0 bridgehead atoms. The molecule has 3 aromatic heterocycles. The van der Waals surface area contributed by atoms with E-state index in [2.05, 4.69) is 19.4 Å². The second-order valence-corrected chi connectivity index (χ2v) is 4.83. The number of pyridine rings is 1. The van der Waals surface area contributed by atoms with Crippen molar-refractivity contribution < 1.29 is 4.79 Å². The Bertz CT molecular complexity index is 788. The molecule has 0 radical (unpaired) electrons. The lowest BCUT2D eigenvalue weighted by atomic mass is 10.3. The number of aromatic nitrogens is 4. The molecule has 3 aromatic rings. The van der Waals surface area contributed by atoms with Crippen LogP contribution in [0.4, 0.5) is 5.82 Å². The van der Waals surface area contributed by atoms with Crippen molar-refractivity contribution in [2.45, 2.75) is 13.1 Å². The average Bonchev–Trinajstić information content (AvgIpc) is 3.10. The van der Waals surface area contributed by atoms with Crippen LogP contribution in [0.1, 0.15) is 16.3 Å². The van der Waals surface area contributed by atoms with Crippen molar-refractivity contribution in [1.29, 1.82) is 0 Å². The van der Waals surface area contributed by atoms with Crippen LogP contribution in [0.25, 0.3) is 5.65 Å². The van der Waals surface area contributed by atoms with Gasteiger partial charge in [-0.05, 0) is 12.1 Å². The summed E-state index contributed by atoms with van der Waals surface area (Å²) in [5.41, 5.74) is 1.39. The van der Waals surface area contributed by atoms with Crippen LogP contribution in [0.5, 0.6) is 0 Å². The molecule has 100 valence electrons. The molecular formula is C14H13N5O. The lowest BCUT2D eigenvalue weighted by Gasteiger charge is -2.28.